The predicted molar refractivity (Wildman–Crippen MR) is 99.0 cm³/mol. The van der Waals surface area contributed by atoms with E-state index in [-0.39, 0.29) is 11.3 Å². The summed E-state index contributed by atoms with van der Waals surface area (Å²) in [6.45, 7) is 2.53. The van der Waals surface area contributed by atoms with E-state index in [1.807, 2.05) is 0 Å². The summed E-state index contributed by atoms with van der Waals surface area (Å²) in [5.74, 6) is 2.02. The molecule has 2 amide bonds. The molecule has 2 aliphatic carbocycles. The van der Waals surface area contributed by atoms with Gasteiger partial charge in [-0.15, -0.1) is 10.2 Å². The first-order chi connectivity index (χ1) is 13.1. The van der Waals surface area contributed by atoms with Gasteiger partial charge in [0, 0.05) is 38.0 Å². The van der Waals surface area contributed by atoms with E-state index in [0.717, 1.165) is 76.8 Å². The third kappa shape index (κ3) is 3.25. The zero-order valence-electron chi connectivity index (χ0n) is 16.0. The van der Waals surface area contributed by atoms with Gasteiger partial charge >= 0.3 is 0 Å². The van der Waals surface area contributed by atoms with Gasteiger partial charge in [0.25, 0.3) is 5.91 Å². The Morgan fingerprint density at radius 1 is 1.00 bits per heavy atom. The molecule has 0 aromatic carbocycles. The number of likely N-dealkylation sites (tertiary alicyclic amines) is 1. The minimum atomic E-state index is -0.0703. The van der Waals surface area contributed by atoms with Crippen LogP contribution in [0.5, 0.6) is 0 Å². The van der Waals surface area contributed by atoms with Crippen molar-refractivity contribution in [3.63, 3.8) is 0 Å². The molecule has 7 nitrogen and oxygen atoms in total. The van der Waals surface area contributed by atoms with Gasteiger partial charge in [-0.1, -0.05) is 12.8 Å². The van der Waals surface area contributed by atoms with Gasteiger partial charge in [-0.3, -0.25) is 9.59 Å². The van der Waals surface area contributed by atoms with Gasteiger partial charge in [0.05, 0.1) is 0 Å². The highest BCUT2D eigenvalue weighted by Gasteiger charge is 2.42. The summed E-state index contributed by atoms with van der Waals surface area (Å²) in [5, 5.41) is 11.7. The number of nitrogens with one attached hydrogen (secondary N) is 1. The monoisotopic (exact) mass is 371 g/mol. The molecule has 2 saturated carbocycles. The highest BCUT2D eigenvalue weighted by atomic mass is 16.2. The quantitative estimate of drug-likeness (QED) is 0.880. The summed E-state index contributed by atoms with van der Waals surface area (Å²) >= 11 is 0. The van der Waals surface area contributed by atoms with Gasteiger partial charge in [0.15, 0.2) is 0 Å². The van der Waals surface area contributed by atoms with Crippen molar-refractivity contribution in [1.29, 1.82) is 0 Å². The van der Waals surface area contributed by atoms with Crippen molar-refractivity contribution in [2.45, 2.75) is 76.8 Å². The molecule has 0 radical (unpaired) electrons. The Bertz CT molecular complexity index is 740. The van der Waals surface area contributed by atoms with Crippen molar-refractivity contribution >= 4 is 11.8 Å². The first-order valence-corrected chi connectivity index (χ1v) is 10.7. The zero-order chi connectivity index (χ0) is 18.4. The molecule has 3 heterocycles. The van der Waals surface area contributed by atoms with Crippen LogP contribution in [0, 0.1) is 11.3 Å². The summed E-state index contributed by atoms with van der Waals surface area (Å²) in [7, 11) is 0. The average Bonchev–Trinajstić information content (AvgIpc) is 3.25. The van der Waals surface area contributed by atoms with E-state index in [1.54, 1.807) is 0 Å². The minimum Gasteiger partial charge on any atom is -0.347 e. The van der Waals surface area contributed by atoms with E-state index in [9.17, 15) is 9.59 Å². The van der Waals surface area contributed by atoms with Crippen LogP contribution in [-0.4, -0.2) is 50.6 Å². The van der Waals surface area contributed by atoms with E-state index in [2.05, 4.69) is 25.0 Å². The van der Waals surface area contributed by atoms with Gasteiger partial charge in [-0.25, -0.2) is 0 Å². The normalized spacial score (nSPS) is 24.8. The second kappa shape index (κ2) is 6.60. The predicted octanol–water partition coefficient (Wildman–Crippen LogP) is 1.92. The average molecular weight is 371 g/mol. The zero-order valence-corrected chi connectivity index (χ0v) is 16.0. The van der Waals surface area contributed by atoms with Crippen molar-refractivity contribution in [2.24, 2.45) is 11.3 Å². The third-order valence-electron chi connectivity index (χ3n) is 7.16. The number of aryl methyl sites for hydroxylation is 1. The van der Waals surface area contributed by atoms with Crippen LogP contribution >= 0.6 is 0 Å². The van der Waals surface area contributed by atoms with Gasteiger partial charge in [0.2, 0.25) is 11.7 Å². The van der Waals surface area contributed by atoms with Crippen molar-refractivity contribution in [3.8, 4) is 0 Å². The van der Waals surface area contributed by atoms with Crippen LogP contribution in [0.25, 0.3) is 0 Å². The second-order valence-corrected chi connectivity index (χ2v) is 9.08. The van der Waals surface area contributed by atoms with E-state index < -0.39 is 0 Å². The van der Waals surface area contributed by atoms with Gasteiger partial charge in [-0.2, -0.15) is 0 Å². The first kappa shape index (κ1) is 17.2. The molecule has 3 fully saturated rings. The molecule has 146 valence electrons. The number of nitrogens with zero attached hydrogens (tertiary/aromatic N) is 4. The Labute approximate surface area is 159 Å². The fourth-order valence-electron chi connectivity index (χ4n) is 5.16. The fraction of sp³-hybridized carbons (Fsp3) is 0.800. The molecule has 5 rings (SSSR count). The Hall–Kier alpha value is -1.92. The maximum atomic E-state index is 12.7. The van der Waals surface area contributed by atoms with Gasteiger partial charge in [-0.05, 0) is 50.4 Å². The summed E-state index contributed by atoms with van der Waals surface area (Å²) in [5.41, 5.74) is 0.179. The molecule has 27 heavy (non-hydrogen) atoms. The molecular weight excluding hydrogens is 342 g/mol. The Morgan fingerprint density at radius 3 is 2.44 bits per heavy atom. The number of carbonyl (C=O) groups is 2. The summed E-state index contributed by atoms with van der Waals surface area (Å²) in [6.07, 6.45) is 10.7. The molecule has 4 aliphatic rings. The van der Waals surface area contributed by atoms with Crippen LogP contribution in [-0.2, 0) is 17.8 Å². The Morgan fingerprint density at radius 2 is 1.74 bits per heavy atom. The van der Waals surface area contributed by atoms with Gasteiger partial charge in [0.1, 0.15) is 5.82 Å². The molecule has 1 aromatic heterocycles. The van der Waals surface area contributed by atoms with Crippen molar-refractivity contribution in [3.05, 3.63) is 11.6 Å². The highest BCUT2D eigenvalue weighted by molar-refractivity contribution is 5.91. The standard InChI is InChI=1S/C20H29N5O2/c26-18(21-15-3-1-2-4-15)17-23-22-16-7-8-20(13-25(16)17)9-11-24(12-10-20)19(27)14-5-6-14/h14-15H,1-13H2,(H,21,26). The van der Waals surface area contributed by atoms with E-state index in [1.165, 1.54) is 12.8 Å². The Kier molecular flexibility index (Phi) is 4.20. The van der Waals surface area contributed by atoms with Gasteiger partial charge < -0.3 is 14.8 Å². The number of fused-ring (bicyclic) bond motifs is 1. The highest BCUT2D eigenvalue weighted by Crippen LogP contribution is 2.42. The lowest BCUT2D eigenvalue weighted by Crippen LogP contribution is -2.47. The first-order valence-electron chi connectivity index (χ1n) is 10.7. The molecule has 7 heteroatoms. The van der Waals surface area contributed by atoms with Crippen LogP contribution in [0.3, 0.4) is 0 Å². The lowest BCUT2D eigenvalue weighted by atomic mass is 9.73. The summed E-state index contributed by atoms with van der Waals surface area (Å²) in [6, 6.07) is 0.291. The number of carbonyl (C=O) groups excluding carboxylic acids is 2. The molecule has 1 N–H and O–H groups in total. The number of aromatic nitrogens is 3. The van der Waals surface area contributed by atoms with E-state index in [4.69, 9.17) is 0 Å². The smallest absolute Gasteiger partial charge is 0.289 e. The number of amides is 2. The van der Waals surface area contributed by atoms with E-state index >= 15 is 0 Å². The van der Waals surface area contributed by atoms with Crippen molar-refractivity contribution in [1.82, 2.24) is 25.0 Å². The summed E-state index contributed by atoms with van der Waals surface area (Å²) in [4.78, 5) is 27.2. The number of hydrogen-bond acceptors (Lipinski definition) is 4. The lowest BCUT2D eigenvalue weighted by Gasteiger charge is -2.44. The third-order valence-corrected chi connectivity index (χ3v) is 7.16. The molecular formula is C20H29N5O2. The molecule has 1 saturated heterocycles. The largest absolute Gasteiger partial charge is 0.347 e. The van der Waals surface area contributed by atoms with Crippen molar-refractivity contribution in [2.75, 3.05) is 13.1 Å². The van der Waals surface area contributed by atoms with Crippen molar-refractivity contribution < 1.29 is 9.59 Å². The molecule has 2 aliphatic heterocycles. The van der Waals surface area contributed by atoms with Crippen LogP contribution in [0.4, 0.5) is 0 Å². The van der Waals surface area contributed by atoms with Crippen LogP contribution in [0.1, 0.15) is 74.2 Å². The minimum absolute atomic E-state index is 0.0703. The Balaban J connectivity index is 1.27. The number of hydrogen-bond donors (Lipinski definition) is 1. The topological polar surface area (TPSA) is 80.1 Å². The SMILES string of the molecule is O=C(NC1CCCC1)c1nnc2n1CC1(CC2)CCN(C(=O)C2CC2)CC1. The number of piperidine rings is 1. The van der Waals surface area contributed by atoms with E-state index in [0.29, 0.717) is 23.7 Å². The fourth-order valence-corrected chi connectivity index (χ4v) is 5.16. The van der Waals surface area contributed by atoms with Crippen LogP contribution < -0.4 is 5.32 Å². The maximum absolute atomic E-state index is 12.7. The second-order valence-electron chi connectivity index (χ2n) is 9.08. The maximum Gasteiger partial charge on any atom is 0.289 e. The molecule has 0 unspecified atom stereocenters. The number of rotatable bonds is 3. The molecule has 0 bridgehead atoms. The molecule has 1 aromatic rings. The van der Waals surface area contributed by atoms with Crippen LogP contribution in [0.2, 0.25) is 0 Å². The summed E-state index contributed by atoms with van der Waals surface area (Å²) < 4.78 is 2.06. The lowest BCUT2D eigenvalue weighted by molar-refractivity contribution is -0.135. The molecule has 0 atom stereocenters. The molecule has 1 spiro atoms. The van der Waals surface area contributed by atoms with Crippen LogP contribution in [0.15, 0.2) is 0 Å².